The van der Waals surface area contributed by atoms with Gasteiger partial charge in [0.1, 0.15) is 6.04 Å². The van der Waals surface area contributed by atoms with E-state index in [9.17, 15) is 9.90 Å². The quantitative estimate of drug-likeness (QED) is 0.399. The van der Waals surface area contributed by atoms with Crippen molar-refractivity contribution >= 4 is 5.97 Å². The van der Waals surface area contributed by atoms with Gasteiger partial charge in [-0.15, -0.1) is 0 Å². The molecule has 7 heteroatoms. The first kappa shape index (κ1) is 16.3. The zero-order valence-corrected chi connectivity index (χ0v) is 12.5. The number of aliphatic hydroxyl groups excluding tert-OH is 1. The van der Waals surface area contributed by atoms with Crippen molar-refractivity contribution in [3.63, 3.8) is 0 Å². The number of esters is 1. The van der Waals surface area contributed by atoms with Crippen LogP contribution < -0.4 is 0 Å². The van der Waals surface area contributed by atoms with E-state index in [0.29, 0.717) is 5.56 Å². The number of aliphatic hydroxyl groups is 1. The molecule has 1 aromatic rings. The Bertz CT molecular complexity index is 559. The van der Waals surface area contributed by atoms with E-state index in [1.165, 1.54) is 0 Å². The summed E-state index contributed by atoms with van der Waals surface area (Å²) in [6, 6.07) is 7.87. The maximum absolute atomic E-state index is 12.1. The van der Waals surface area contributed by atoms with Crippen LogP contribution in [0, 0.1) is 11.8 Å². The second-order valence-electron chi connectivity index (χ2n) is 5.41. The Labute approximate surface area is 128 Å². The average molecular weight is 305 g/mol. The zero-order valence-electron chi connectivity index (χ0n) is 12.5. The van der Waals surface area contributed by atoms with E-state index in [0.717, 1.165) is 0 Å². The Kier molecular flexibility index (Phi) is 5.38. The molecular weight excluding hydrogens is 286 g/mol. The number of rotatable bonds is 4. The molecule has 1 aliphatic heterocycles. The third kappa shape index (κ3) is 3.39. The van der Waals surface area contributed by atoms with Crippen LogP contribution in [0.4, 0.5) is 0 Å². The summed E-state index contributed by atoms with van der Waals surface area (Å²) in [6.07, 6.45) is -1.47. The van der Waals surface area contributed by atoms with E-state index in [1.54, 1.807) is 30.3 Å². The van der Waals surface area contributed by atoms with Gasteiger partial charge in [-0.1, -0.05) is 37.2 Å². The summed E-state index contributed by atoms with van der Waals surface area (Å²) < 4.78 is 11.0. The summed E-state index contributed by atoms with van der Waals surface area (Å²) >= 11 is 0. The highest BCUT2D eigenvalue weighted by Crippen LogP contribution is 2.33. The number of ether oxygens (including phenoxy) is 2. The highest BCUT2D eigenvalue weighted by atomic mass is 16.7. The molecule has 0 saturated carbocycles. The van der Waals surface area contributed by atoms with Gasteiger partial charge < -0.3 is 14.6 Å². The lowest BCUT2D eigenvalue weighted by Crippen LogP contribution is -2.51. The molecule has 1 N–H and O–H groups in total. The first-order valence-electron chi connectivity index (χ1n) is 7.15. The normalized spacial score (nSPS) is 31.1. The van der Waals surface area contributed by atoms with Gasteiger partial charge in [0.2, 0.25) is 6.29 Å². The van der Waals surface area contributed by atoms with Crippen molar-refractivity contribution < 1.29 is 19.4 Å². The summed E-state index contributed by atoms with van der Waals surface area (Å²) in [5.74, 6) is -0.662. The van der Waals surface area contributed by atoms with E-state index in [4.69, 9.17) is 15.0 Å². The van der Waals surface area contributed by atoms with Crippen LogP contribution >= 0.6 is 0 Å². The van der Waals surface area contributed by atoms with Gasteiger partial charge in [-0.3, -0.25) is 0 Å². The molecule has 3 unspecified atom stereocenters. The molecule has 1 fully saturated rings. The average Bonchev–Trinajstić information content (AvgIpc) is 2.55. The SMILES string of the molecule is CC1C(CO)OC(OC(=O)c2ccccc2)[C@@H](N=[N+]=[N-])[C@H]1C. The predicted octanol–water partition coefficient (Wildman–Crippen LogP) is 2.51. The highest BCUT2D eigenvalue weighted by molar-refractivity contribution is 5.89. The molecule has 0 amide bonds. The fourth-order valence-electron chi connectivity index (χ4n) is 2.55. The van der Waals surface area contributed by atoms with Crippen molar-refractivity contribution in [3.05, 3.63) is 46.3 Å². The van der Waals surface area contributed by atoms with Crippen molar-refractivity contribution in [2.75, 3.05) is 6.61 Å². The number of hydrogen-bond acceptors (Lipinski definition) is 5. The molecule has 0 aromatic heterocycles. The molecule has 7 nitrogen and oxygen atoms in total. The number of nitrogens with zero attached hydrogens (tertiary/aromatic N) is 3. The van der Waals surface area contributed by atoms with Crippen LogP contribution in [0.2, 0.25) is 0 Å². The van der Waals surface area contributed by atoms with E-state index < -0.39 is 24.4 Å². The molecule has 1 aromatic carbocycles. The van der Waals surface area contributed by atoms with E-state index >= 15 is 0 Å². The van der Waals surface area contributed by atoms with Gasteiger partial charge in [-0.25, -0.2) is 4.79 Å². The van der Waals surface area contributed by atoms with Crippen LogP contribution in [0.15, 0.2) is 35.4 Å². The first-order valence-corrected chi connectivity index (χ1v) is 7.15. The van der Waals surface area contributed by atoms with Crippen LogP contribution in [-0.2, 0) is 9.47 Å². The van der Waals surface area contributed by atoms with Gasteiger partial charge >= 0.3 is 5.97 Å². The third-order valence-corrected chi connectivity index (χ3v) is 4.14. The summed E-state index contributed by atoms with van der Waals surface area (Å²) in [7, 11) is 0. The molecule has 0 radical (unpaired) electrons. The fraction of sp³-hybridized carbons (Fsp3) is 0.533. The van der Waals surface area contributed by atoms with Crippen LogP contribution in [-0.4, -0.2) is 36.1 Å². The molecule has 1 aliphatic rings. The van der Waals surface area contributed by atoms with Gasteiger partial charge in [0.05, 0.1) is 18.3 Å². The topological polar surface area (TPSA) is 105 Å². The Balaban J connectivity index is 2.18. The van der Waals surface area contributed by atoms with Gasteiger partial charge in [0, 0.05) is 4.91 Å². The second kappa shape index (κ2) is 7.26. The molecule has 0 aliphatic carbocycles. The van der Waals surface area contributed by atoms with Crippen molar-refractivity contribution in [2.45, 2.75) is 32.3 Å². The van der Waals surface area contributed by atoms with Crippen LogP contribution in [0.3, 0.4) is 0 Å². The van der Waals surface area contributed by atoms with Crippen LogP contribution in [0.1, 0.15) is 24.2 Å². The fourth-order valence-corrected chi connectivity index (χ4v) is 2.55. The minimum Gasteiger partial charge on any atom is -0.432 e. The number of azide groups is 1. The monoisotopic (exact) mass is 305 g/mol. The van der Waals surface area contributed by atoms with E-state index in [-0.39, 0.29) is 18.4 Å². The van der Waals surface area contributed by atoms with Crippen molar-refractivity contribution in [1.29, 1.82) is 0 Å². The lowest BCUT2D eigenvalue weighted by molar-refractivity contribution is -0.214. The van der Waals surface area contributed by atoms with Gasteiger partial charge in [0.25, 0.3) is 0 Å². The largest absolute Gasteiger partial charge is 0.432 e. The molecule has 0 spiro atoms. The third-order valence-electron chi connectivity index (χ3n) is 4.14. The lowest BCUT2D eigenvalue weighted by Gasteiger charge is -2.41. The lowest BCUT2D eigenvalue weighted by atomic mass is 9.82. The van der Waals surface area contributed by atoms with Crippen LogP contribution in [0.25, 0.3) is 10.4 Å². The smallest absolute Gasteiger partial charge is 0.340 e. The molecule has 22 heavy (non-hydrogen) atoms. The molecule has 0 bridgehead atoms. The van der Waals surface area contributed by atoms with Crippen molar-refractivity contribution in [1.82, 2.24) is 0 Å². The summed E-state index contributed by atoms with van der Waals surface area (Å²) in [4.78, 5) is 15.0. The highest BCUT2D eigenvalue weighted by Gasteiger charge is 2.42. The first-order chi connectivity index (χ1) is 10.6. The Morgan fingerprint density at radius 3 is 2.64 bits per heavy atom. The number of benzene rings is 1. The number of hydrogen-bond donors (Lipinski definition) is 1. The standard InChI is InChI=1S/C15H19N3O4/c1-9-10(2)13(17-18-16)15(21-12(9)8-19)22-14(20)11-6-4-3-5-7-11/h3-7,9-10,12-13,15,19H,8H2,1-2H3/t9?,10-,12?,13-,15?/m0/s1. The maximum atomic E-state index is 12.1. The molecule has 1 heterocycles. The zero-order chi connectivity index (χ0) is 16.1. The Morgan fingerprint density at radius 1 is 1.36 bits per heavy atom. The Hall–Kier alpha value is -2.08. The summed E-state index contributed by atoms with van der Waals surface area (Å²) in [5, 5.41) is 13.1. The van der Waals surface area contributed by atoms with Crippen LogP contribution in [0.5, 0.6) is 0 Å². The minimum atomic E-state index is -1.01. The molecular formula is C15H19N3O4. The van der Waals surface area contributed by atoms with Crippen molar-refractivity contribution in [3.8, 4) is 0 Å². The van der Waals surface area contributed by atoms with Crippen molar-refractivity contribution in [2.24, 2.45) is 17.0 Å². The number of carbonyl (C=O) groups is 1. The maximum Gasteiger partial charge on any atom is 0.340 e. The molecule has 118 valence electrons. The summed E-state index contributed by atoms with van der Waals surface area (Å²) in [6.45, 7) is 3.60. The van der Waals surface area contributed by atoms with Gasteiger partial charge in [-0.05, 0) is 29.5 Å². The van der Waals surface area contributed by atoms with Gasteiger partial charge in [-0.2, -0.15) is 0 Å². The van der Waals surface area contributed by atoms with E-state index in [2.05, 4.69) is 10.0 Å². The molecule has 5 atom stereocenters. The second-order valence-corrected chi connectivity index (χ2v) is 5.41. The number of carbonyl (C=O) groups excluding carboxylic acids is 1. The molecule has 2 rings (SSSR count). The minimum absolute atomic E-state index is 0.0211. The predicted molar refractivity (Wildman–Crippen MR) is 78.9 cm³/mol. The Morgan fingerprint density at radius 2 is 2.05 bits per heavy atom. The van der Waals surface area contributed by atoms with Gasteiger partial charge in [0.15, 0.2) is 0 Å². The molecule has 1 saturated heterocycles. The van der Waals surface area contributed by atoms with E-state index in [1.807, 2.05) is 13.8 Å². The summed E-state index contributed by atoms with van der Waals surface area (Å²) in [5.41, 5.74) is 9.11.